The first kappa shape index (κ1) is 30.0. The molecular weight excluding hydrogens is 536 g/mol. The van der Waals surface area contributed by atoms with Crippen LogP contribution in [-0.4, -0.2) is 59.9 Å². The van der Waals surface area contributed by atoms with E-state index in [4.69, 9.17) is 14.2 Å². The normalized spacial score (nSPS) is 11.2. The van der Waals surface area contributed by atoms with Crippen LogP contribution in [0.4, 0.5) is 5.69 Å². The second-order valence-corrected chi connectivity index (χ2v) is 10.6. The Morgan fingerprint density at radius 3 is 2.23 bits per heavy atom. The van der Waals surface area contributed by atoms with Crippen LogP contribution < -0.4 is 29.3 Å². The Labute approximate surface area is 233 Å². The minimum absolute atomic E-state index is 0.0186. The summed E-state index contributed by atoms with van der Waals surface area (Å²) in [5, 5.41) is 6.68. The maximum absolute atomic E-state index is 13.5. The van der Waals surface area contributed by atoms with Crippen molar-refractivity contribution >= 4 is 33.7 Å². The molecule has 0 atom stereocenters. The summed E-state index contributed by atoms with van der Waals surface area (Å²) in [5.41, 5.74) is 3.22. The van der Waals surface area contributed by atoms with E-state index in [1.54, 1.807) is 48.5 Å². The molecule has 0 saturated carbocycles. The van der Waals surface area contributed by atoms with Crippen molar-refractivity contribution < 1.29 is 32.2 Å². The fourth-order valence-electron chi connectivity index (χ4n) is 3.52. The molecular formula is C28H32N4O7S. The SMILES string of the molecule is COc1ccc(N(CC(=O)N/N=C\c2ccc(OCC(=O)NC(C)C)cc2)S(=O)(=O)c2ccccc2)cc1OC. The number of nitrogens with one attached hydrogen (secondary N) is 2. The molecule has 0 aliphatic carbocycles. The van der Waals surface area contributed by atoms with Gasteiger partial charge in [0, 0.05) is 12.1 Å². The highest BCUT2D eigenvalue weighted by Crippen LogP contribution is 2.33. The van der Waals surface area contributed by atoms with Gasteiger partial charge in [0.15, 0.2) is 18.1 Å². The molecule has 0 unspecified atom stereocenters. The van der Waals surface area contributed by atoms with Crippen LogP contribution in [0.1, 0.15) is 19.4 Å². The number of hydrazone groups is 1. The molecule has 11 nitrogen and oxygen atoms in total. The van der Waals surface area contributed by atoms with Crippen molar-refractivity contribution in [2.45, 2.75) is 24.8 Å². The Hall–Kier alpha value is -4.58. The van der Waals surface area contributed by atoms with Gasteiger partial charge in [0.2, 0.25) is 0 Å². The van der Waals surface area contributed by atoms with Gasteiger partial charge in [-0.2, -0.15) is 5.10 Å². The van der Waals surface area contributed by atoms with Crippen molar-refractivity contribution in [3.8, 4) is 17.2 Å². The molecule has 0 aliphatic heterocycles. The van der Waals surface area contributed by atoms with Gasteiger partial charge in [-0.3, -0.25) is 13.9 Å². The lowest BCUT2D eigenvalue weighted by atomic mass is 10.2. The molecule has 0 aromatic heterocycles. The Morgan fingerprint density at radius 2 is 1.60 bits per heavy atom. The van der Waals surface area contributed by atoms with Crippen LogP contribution >= 0.6 is 0 Å². The first-order valence-corrected chi connectivity index (χ1v) is 13.7. The number of ether oxygens (including phenoxy) is 3. The molecule has 2 amide bonds. The molecule has 212 valence electrons. The van der Waals surface area contributed by atoms with Gasteiger partial charge in [0.25, 0.3) is 21.8 Å². The highest BCUT2D eigenvalue weighted by Gasteiger charge is 2.28. The van der Waals surface area contributed by atoms with Crippen molar-refractivity contribution in [3.63, 3.8) is 0 Å². The zero-order valence-corrected chi connectivity index (χ0v) is 23.5. The molecule has 0 aliphatic rings. The van der Waals surface area contributed by atoms with Gasteiger partial charge >= 0.3 is 0 Å². The number of anilines is 1. The van der Waals surface area contributed by atoms with E-state index in [9.17, 15) is 18.0 Å². The summed E-state index contributed by atoms with van der Waals surface area (Å²) in [6.45, 7) is 3.07. The highest BCUT2D eigenvalue weighted by molar-refractivity contribution is 7.92. The fourth-order valence-corrected chi connectivity index (χ4v) is 4.96. The summed E-state index contributed by atoms with van der Waals surface area (Å²) in [6.07, 6.45) is 1.40. The highest BCUT2D eigenvalue weighted by atomic mass is 32.2. The van der Waals surface area contributed by atoms with Crippen molar-refractivity contribution in [2.24, 2.45) is 5.10 Å². The van der Waals surface area contributed by atoms with Crippen LogP contribution in [0.5, 0.6) is 17.2 Å². The molecule has 0 bridgehead atoms. The lowest BCUT2D eigenvalue weighted by Gasteiger charge is -2.24. The first-order chi connectivity index (χ1) is 19.1. The zero-order chi connectivity index (χ0) is 29.1. The van der Waals surface area contributed by atoms with E-state index < -0.39 is 22.5 Å². The van der Waals surface area contributed by atoms with Gasteiger partial charge in [-0.05, 0) is 67.9 Å². The van der Waals surface area contributed by atoms with E-state index in [1.807, 2.05) is 13.8 Å². The minimum atomic E-state index is -4.11. The van der Waals surface area contributed by atoms with Crippen molar-refractivity contribution in [1.29, 1.82) is 0 Å². The Kier molecular flexibility index (Phi) is 10.5. The average molecular weight is 569 g/mol. The van der Waals surface area contributed by atoms with Gasteiger partial charge in [-0.25, -0.2) is 13.8 Å². The third-order valence-electron chi connectivity index (χ3n) is 5.38. The number of rotatable bonds is 13. The van der Waals surface area contributed by atoms with E-state index >= 15 is 0 Å². The quantitative estimate of drug-likeness (QED) is 0.239. The molecule has 40 heavy (non-hydrogen) atoms. The lowest BCUT2D eigenvalue weighted by Crippen LogP contribution is -2.39. The zero-order valence-electron chi connectivity index (χ0n) is 22.7. The maximum Gasteiger partial charge on any atom is 0.264 e. The number of benzene rings is 3. The minimum Gasteiger partial charge on any atom is -0.493 e. The molecule has 0 saturated heterocycles. The molecule has 0 heterocycles. The van der Waals surface area contributed by atoms with Crippen LogP contribution in [0.2, 0.25) is 0 Å². The molecule has 0 radical (unpaired) electrons. The molecule has 3 aromatic rings. The van der Waals surface area contributed by atoms with E-state index in [0.717, 1.165) is 4.31 Å². The van der Waals surface area contributed by atoms with Gasteiger partial charge in [0.05, 0.1) is 31.0 Å². The van der Waals surface area contributed by atoms with E-state index in [0.29, 0.717) is 22.8 Å². The number of carbonyl (C=O) groups excluding carboxylic acids is 2. The number of amides is 2. The molecule has 0 spiro atoms. The molecule has 2 N–H and O–H groups in total. The maximum atomic E-state index is 13.5. The van der Waals surface area contributed by atoms with E-state index in [-0.39, 0.29) is 29.1 Å². The summed E-state index contributed by atoms with van der Waals surface area (Å²) >= 11 is 0. The predicted molar refractivity (Wildman–Crippen MR) is 151 cm³/mol. The first-order valence-electron chi connectivity index (χ1n) is 12.3. The van der Waals surface area contributed by atoms with Crippen LogP contribution in [0.15, 0.2) is 82.8 Å². The summed E-state index contributed by atoms with van der Waals surface area (Å²) in [4.78, 5) is 24.5. The second kappa shape index (κ2) is 14.0. The molecule has 0 fully saturated rings. The standard InChI is InChI=1S/C28H32N4O7S/c1-20(2)30-28(34)19-39-23-13-10-21(11-14-23)17-29-31-27(33)18-32(40(35,36)24-8-6-5-7-9-24)22-12-15-25(37-3)26(16-22)38-4/h5-17,20H,18-19H2,1-4H3,(H,30,34)(H,31,33)/b29-17-. The van der Waals surface area contributed by atoms with Crippen LogP contribution in [0, 0.1) is 0 Å². The number of hydrogen-bond donors (Lipinski definition) is 2. The summed E-state index contributed by atoms with van der Waals surface area (Å²) in [5.74, 6) is 0.325. The molecule has 3 aromatic carbocycles. The Balaban J connectivity index is 1.71. The third-order valence-corrected chi connectivity index (χ3v) is 7.16. The van der Waals surface area contributed by atoms with Crippen LogP contribution in [0.25, 0.3) is 0 Å². The number of methoxy groups -OCH3 is 2. The van der Waals surface area contributed by atoms with Crippen LogP contribution in [-0.2, 0) is 19.6 Å². The molecule has 3 rings (SSSR count). The van der Waals surface area contributed by atoms with Crippen molar-refractivity contribution in [2.75, 3.05) is 31.7 Å². The van der Waals surface area contributed by atoms with Gasteiger partial charge in [-0.1, -0.05) is 18.2 Å². The lowest BCUT2D eigenvalue weighted by molar-refractivity contribution is -0.123. The summed E-state index contributed by atoms with van der Waals surface area (Å²) < 4.78 is 44.0. The van der Waals surface area contributed by atoms with Crippen molar-refractivity contribution in [3.05, 3.63) is 78.4 Å². The van der Waals surface area contributed by atoms with Gasteiger partial charge in [0.1, 0.15) is 12.3 Å². The predicted octanol–water partition coefficient (Wildman–Crippen LogP) is 2.95. The fraction of sp³-hybridized carbons (Fsp3) is 0.250. The van der Waals surface area contributed by atoms with Crippen LogP contribution in [0.3, 0.4) is 0 Å². The average Bonchev–Trinajstić information content (AvgIpc) is 2.95. The smallest absolute Gasteiger partial charge is 0.264 e. The van der Waals surface area contributed by atoms with E-state index in [1.165, 1.54) is 44.7 Å². The monoisotopic (exact) mass is 568 g/mol. The van der Waals surface area contributed by atoms with E-state index in [2.05, 4.69) is 15.8 Å². The third kappa shape index (κ3) is 8.21. The number of sulfonamides is 1. The number of hydrogen-bond acceptors (Lipinski definition) is 8. The largest absolute Gasteiger partial charge is 0.493 e. The van der Waals surface area contributed by atoms with Gasteiger partial charge < -0.3 is 19.5 Å². The molecule has 12 heteroatoms. The summed E-state index contributed by atoms with van der Waals surface area (Å²) in [6, 6.07) is 19.1. The Morgan fingerprint density at radius 1 is 0.925 bits per heavy atom. The topological polar surface area (TPSA) is 136 Å². The second-order valence-electron chi connectivity index (χ2n) is 8.74. The van der Waals surface area contributed by atoms with Crippen molar-refractivity contribution in [1.82, 2.24) is 10.7 Å². The summed E-state index contributed by atoms with van der Waals surface area (Å²) in [7, 11) is -1.21. The Bertz CT molecular complexity index is 1430. The number of nitrogens with zero attached hydrogens (tertiary/aromatic N) is 2. The van der Waals surface area contributed by atoms with Gasteiger partial charge in [-0.15, -0.1) is 0 Å². The number of carbonyl (C=O) groups is 2.